The number of carbonyl (C=O) groups excluding carboxylic acids is 1. The molecule has 0 bridgehead atoms. The maximum Gasteiger partial charge on any atom is 0.264 e. The van der Waals surface area contributed by atoms with Crippen LogP contribution in [0.5, 0.6) is 0 Å². The van der Waals surface area contributed by atoms with Crippen molar-refractivity contribution in [1.29, 1.82) is 0 Å². The van der Waals surface area contributed by atoms with Crippen LogP contribution in [0.4, 0.5) is 0 Å². The molecule has 1 atom stereocenters. The standard InChI is InChI=1S/C12H14N4OS/c1-9-2-3-11(18-9)12(17)15-6-4-10(8-15)16-7-5-13-14-16/h2-3,5,7,10H,4,6,8H2,1H3/t10-/m0/s1. The predicted octanol–water partition coefficient (Wildman–Crippen LogP) is 1.74. The van der Waals surface area contributed by atoms with E-state index in [1.807, 2.05) is 34.8 Å². The number of aromatic nitrogens is 3. The smallest absolute Gasteiger partial charge is 0.264 e. The van der Waals surface area contributed by atoms with E-state index in [0.717, 1.165) is 24.4 Å². The molecule has 1 amide bonds. The molecule has 6 heteroatoms. The first kappa shape index (κ1) is 11.4. The number of nitrogens with zero attached hydrogens (tertiary/aromatic N) is 4. The normalized spacial score (nSPS) is 19.4. The van der Waals surface area contributed by atoms with E-state index in [4.69, 9.17) is 0 Å². The second-order valence-corrected chi connectivity index (χ2v) is 5.77. The lowest BCUT2D eigenvalue weighted by Gasteiger charge is -2.15. The third-order valence-electron chi connectivity index (χ3n) is 3.22. The lowest BCUT2D eigenvalue weighted by atomic mass is 10.3. The van der Waals surface area contributed by atoms with Gasteiger partial charge in [0.25, 0.3) is 5.91 Å². The zero-order valence-corrected chi connectivity index (χ0v) is 10.9. The first-order valence-corrected chi connectivity index (χ1v) is 6.77. The van der Waals surface area contributed by atoms with Crippen molar-refractivity contribution in [1.82, 2.24) is 19.9 Å². The van der Waals surface area contributed by atoms with Gasteiger partial charge in [0.15, 0.2) is 0 Å². The summed E-state index contributed by atoms with van der Waals surface area (Å²) < 4.78 is 1.84. The molecule has 1 saturated heterocycles. The fraction of sp³-hybridized carbons (Fsp3) is 0.417. The molecular weight excluding hydrogens is 248 g/mol. The van der Waals surface area contributed by atoms with Gasteiger partial charge in [0.1, 0.15) is 0 Å². The van der Waals surface area contributed by atoms with Crippen molar-refractivity contribution in [3.8, 4) is 0 Å². The van der Waals surface area contributed by atoms with E-state index < -0.39 is 0 Å². The lowest BCUT2D eigenvalue weighted by Crippen LogP contribution is -2.28. The molecule has 2 aromatic rings. The summed E-state index contributed by atoms with van der Waals surface area (Å²) in [6.07, 6.45) is 4.47. The van der Waals surface area contributed by atoms with Crippen molar-refractivity contribution in [2.45, 2.75) is 19.4 Å². The molecule has 1 aliphatic heterocycles. The zero-order valence-electron chi connectivity index (χ0n) is 10.1. The second-order valence-electron chi connectivity index (χ2n) is 4.49. The molecule has 3 rings (SSSR count). The van der Waals surface area contributed by atoms with Gasteiger partial charge >= 0.3 is 0 Å². The molecule has 2 aromatic heterocycles. The Hall–Kier alpha value is -1.69. The van der Waals surface area contributed by atoms with E-state index in [1.165, 1.54) is 4.88 Å². The summed E-state index contributed by atoms with van der Waals surface area (Å²) in [5.41, 5.74) is 0. The molecule has 0 aromatic carbocycles. The van der Waals surface area contributed by atoms with Crippen LogP contribution in [0.15, 0.2) is 24.5 Å². The second kappa shape index (κ2) is 4.53. The van der Waals surface area contributed by atoms with Crippen molar-refractivity contribution in [2.75, 3.05) is 13.1 Å². The summed E-state index contributed by atoms with van der Waals surface area (Å²) >= 11 is 1.56. The number of hydrogen-bond donors (Lipinski definition) is 0. The van der Waals surface area contributed by atoms with E-state index in [2.05, 4.69) is 10.3 Å². The molecule has 0 N–H and O–H groups in total. The number of rotatable bonds is 2. The summed E-state index contributed by atoms with van der Waals surface area (Å²) in [7, 11) is 0. The molecule has 0 saturated carbocycles. The van der Waals surface area contributed by atoms with Gasteiger partial charge in [-0.2, -0.15) is 0 Å². The number of likely N-dealkylation sites (tertiary alicyclic amines) is 1. The topological polar surface area (TPSA) is 51.0 Å². The predicted molar refractivity (Wildman–Crippen MR) is 68.6 cm³/mol. The number of thiophene rings is 1. The van der Waals surface area contributed by atoms with E-state index in [1.54, 1.807) is 17.5 Å². The van der Waals surface area contributed by atoms with Gasteiger partial charge in [0, 0.05) is 24.2 Å². The molecule has 0 aliphatic carbocycles. The third-order valence-corrected chi connectivity index (χ3v) is 4.21. The van der Waals surface area contributed by atoms with Gasteiger partial charge in [0.2, 0.25) is 0 Å². The van der Waals surface area contributed by atoms with Crippen LogP contribution in [0.3, 0.4) is 0 Å². The van der Waals surface area contributed by atoms with Crippen molar-refractivity contribution < 1.29 is 4.79 Å². The minimum Gasteiger partial charge on any atom is -0.336 e. The fourth-order valence-electron chi connectivity index (χ4n) is 2.26. The van der Waals surface area contributed by atoms with Crippen LogP contribution in [0, 0.1) is 6.92 Å². The maximum atomic E-state index is 12.3. The van der Waals surface area contributed by atoms with E-state index >= 15 is 0 Å². The highest BCUT2D eigenvalue weighted by Crippen LogP contribution is 2.24. The first-order chi connectivity index (χ1) is 8.74. The minimum absolute atomic E-state index is 0.135. The van der Waals surface area contributed by atoms with Gasteiger partial charge < -0.3 is 4.90 Å². The number of hydrogen-bond acceptors (Lipinski definition) is 4. The fourth-order valence-corrected chi connectivity index (χ4v) is 3.10. The van der Waals surface area contributed by atoms with Gasteiger partial charge in [-0.25, -0.2) is 4.68 Å². The summed E-state index contributed by atoms with van der Waals surface area (Å²) in [6, 6.07) is 4.16. The highest BCUT2D eigenvalue weighted by Gasteiger charge is 2.28. The number of carbonyl (C=O) groups is 1. The van der Waals surface area contributed by atoms with Crippen LogP contribution in [0.25, 0.3) is 0 Å². The van der Waals surface area contributed by atoms with Crippen LogP contribution >= 0.6 is 11.3 Å². The highest BCUT2D eigenvalue weighted by molar-refractivity contribution is 7.13. The van der Waals surface area contributed by atoms with Gasteiger partial charge in [0.05, 0.1) is 17.1 Å². The lowest BCUT2D eigenvalue weighted by molar-refractivity contribution is 0.0791. The van der Waals surface area contributed by atoms with Gasteiger partial charge in [-0.3, -0.25) is 4.79 Å². The molecule has 0 radical (unpaired) electrons. The van der Waals surface area contributed by atoms with E-state index in [-0.39, 0.29) is 11.9 Å². The molecule has 0 unspecified atom stereocenters. The van der Waals surface area contributed by atoms with Crippen LogP contribution in [0.1, 0.15) is 27.0 Å². The molecule has 18 heavy (non-hydrogen) atoms. The van der Waals surface area contributed by atoms with Crippen LogP contribution in [0.2, 0.25) is 0 Å². The Morgan fingerprint density at radius 3 is 3.06 bits per heavy atom. The van der Waals surface area contributed by atoms with Gasteiger partial charge in [-0.15, -0.1) is 16.4 Å². The minimum atomic E-state index is 0.135. The maximum absolute atomic E-state index is 12.3. The quantitative estimate of drug-likeness (QED) is 0.828. The van der Waals surface area contributed by atoms with E-state index in [9.17, 15) is 4.79 Å². The Morgan fingerprint density at radius 1 is 1.50 bits per heavy atom. The van der Waals surface area contributed by atoms with Gasteiger partial charge in [-0.1, -0.05) is 5.21 Å². The van der Waals surface area contributed by atoms with Crippen LogP contribution in [-0.2, 0) is 0 Å². The SMILES string of the molecule is Cc1ccc(C(=O)N2CC[C@H](n3ccnn3)C2)s1. The molecule has 1 fully saturated rings. The first-order valence-electron chi connectivity index (χ1n) is 5.95. The zero-order chi connectivity index (χ0) is 12.5. The third kappa shape index (κ3) is 2.03. The Kier molecular flexibility index (Phi) is 2.87. The molecular formula is C12H14N4OS. The van der Waals surface area contributed by atoms with Crippen molar-refractivity contribution in [2.24, 2.45) is 0 Å². The van der Waals surface area contributed by atoms with Crippen molar-refractivity contribution in [3.05, 3.63) is 34.3 Å². The highest BCUT2D eigenvalue weighted by atomic mass is 32.1. The Balaban J connectivity index is 1.70. The molecule has 1 aliphatic rings. The van der Waals surface area contributed by atoms with Crippen LogP contribution < -0.4 is 0 Å². The van der Waals surface area contributed by atoms with Crippen LogP contribution in [-0.4, -0.2) is 38.9 Å². The molecule has 5 nitrogen and oxygen atoms in total. The average Bonchev–Trinajstić information content (AvgIpc) is 3.09. The summed E-state index contributed by atoms with van der Waals surface area (Å²) in [5, 5.41) is 7.81. The molecule has 0 spiro atoms. The Morgan fingerprint density at radius 2 is 2.39 bits per heavy atom. The summed E-state index contributed by atoms with van der Waals surface area (Å²) in [5.74, 6) is 0.135. The van der Waals surface area contributed by atoms with Gasteiger partial charge in [-0.05, 0) is 25.5 Å². The number of amides is 1. The summed E-state index contributed by atoms with van der Waals surface area (Å²) in [6.45, 7) is 3.53. The Labute approximate surface area is 109 Å². The largest absolute Gasteiger partial charge is 0.336 e. The van der Waals surface area contributed by atoms with E-state index in [0.29, 0.717) is 0 Å². The van der Waals surface area contributed by atoms with Crippen molar-refractivity contribution >= 4 is 17.2 Å². The molecule has 3 heterocycles. The monoisotopic (exact) mass is 262 g/mol. The molecule has 94 valence electrons. The average molecular weight is 262 g/mol. The summed E-state index contributed by atoms with van der Waals surface area (Å²) in [4.78, 5) is 16.2. The van der Waals surface area contributed by atoms with Crippen molar-refractivity contribution in [3.63, 3.8) is 0 Å². The Bertz CT molecular complexity index is 548. The number of aryl methyl sites for hydroxylation is 1.